The smallest absolute Gasteiger partial charge is 0.254 e. The molecule has 0 spiro atoms. The average molecular weight is 223 g/mol. The number of rotatable bonds is 2. The van der Waals surface area contributed by atoms with Crippen molar-refractivity contribution in [3.05, 3.63) is 29.8 Å². The lowest BCUT2D eigenvalue weighted by molar-refractivity contribution is 0.0930. The number of nitrogens with zero attached hydrogens (tertiary/aromatic N) is 1. The SMILES string of the molecule is NC1CCCC1NC(=O)c1ccncc1F. The summed E-state index contributed by atoms with van der Waals surface area (Å²) >= 11 is 0. The molecule has 5 heteroatoms. The van der Waals surface area contributed by atoms with Crippen LogP contribution in [0.25, 0.3) is 0 Å². The Kier molecular flexibility index (Phi) is 3.14. The zero-order valence-corrected chi connectivity index (χ0v) is 8.82. The molecule has 3 N–H and O–H groups in total. The molecule has 16 heavy (non-hydrogen) atoms. The van der Waals surface area contributed by atoms with Gasteiger partial charge in [0, 0.05) is 18.3 Å². The van der Waals surface area contributed by atoms with Crippen LogP contribution >= 0.6 is 0 Å². The predicted octanol–water partition coefficient (Wildman–Crippen LogP) is 0.830. The predicted molar refractivity (Wildman–Crippen MR) is 57.3 cm³/mol. The quantitative estimate of drug-likeness (QED) is 0.780. The third-order valence-electron chi connectivity index (χ3n) is 2.90. The summed E-state index contributed by atoms with van der Waals surface area (Å²) in [5.41, 5.74) is 5.84. The molecule has 0 aromatic carbocycles. The lowest BCUT2D eigenvalue weighted by Gasteiger charge is -2.17. The van der Waals surface area contributed by atoms with Crippen LogP contribution in [0.1, 0.15) is 29.6 Å². The summed E-state index contributed by atoms with van der Waals surface area (Å²) in [6.07, 6.45) is 5.20. The number of aromatic nitrogens is 1. The van der Waals surface area contributed by atoms with Crippen LogP contribution in [-0.4, -0.2) is 23.0 Å². The molecule has 4 nitrogen and oxygen atoms in total. The second kappa shape index (κ2) is 4.57. The molecule has 0 aliphatic heterocycles. The van der Waals surface area contributed by atoms with E-state index in [-0.39, 0.29) is 17.6 Å². The number of amides is 1. The monoisotopic (exact) mass is 223 g/mol. The molecular formula is C11H14FN3O. The van der Waals surface area contributed by atoms with Crippen molar-refractivity contribution in [2.75, 3.05) is 0 Å². The summed E-state index contributed by atoms with van der Waals surface area (Å²) in [6, 6.07) is 1.31. The van der Waals surface area contributed by atoms with Gasteiger partial charge in [-0.15, -0.1) is 0 Å². The molecule has 2 atom stereocenters. The van der Waals surface area contributed by atoms with Crippen molar-refractivity contribution in [3.63, 3.8) is 0 Å². The molecule has 0 radical (unpaired) electrons. The average Bonchev–Trinajstić information content (AvgIpc) is 2.65. The summed E-state index contributed by atoms with van der Waals surface area (Å²) in [6.45, 7) is 0. The minimum absolute atomic E-state index is 0.0196. The first-order valence-electron chi connectivity index (χ1n) is 5.34. The first-order valence-corrected chi connectivity index (χ1v) is 5.34. The van der Waals surface area contributed by atoms with E-state index in [0.717, 1.165) is 25.5 Å². The Morgan fingerprint density at radius 1 is 1.56 bits per heavy atom. The number of halogens is 1. The van der Waals surface area contributed by atoms with Gasteiger partial charge in [-0.2, -0.15) is 0 Å². The Bertz CT molecular complexity index is 397. The van der Waals surface area contributed by atoms with Gasteiger partial charge in [-0.1, -0.05) is 0 Å². The Labute approximate surface area is 93.1 Å². The third kappa shape index (κ3) is 2.19. The van der Waals surface area contributed by atoms with Gasteiger partial charge in [0.05, 0.1) is 11.8 Å². The summed E-state index contributed by atoms with van der Waals surface area (Å²) in [4.78, 5) is 15.3. The van der Waals surface area contributed by atoms with Crippen molar-refractivity contribution in [2.45, 2.75) is 31.3 Å². The molecule has 0 saturated heterocycles. The van der Waals surface area contributed by atoms with E-state index in [1.54, 1.807) is 0 Å². The van der Waals surface area contributed by atoms with E-state index in [4.69, 9.17) is 5.73 Å². The third-order valence-corrected chi connectivity index (χ3v) is 2.90. The van der Waals surface area contributed by atoms with E-state index in [0.29, 0.717) is 0 Å². The van der Waals surface area contributed by atoms with Crippen LogP contribution < -0.4 is 11.1 Å². The maximum Gasteiger partial charge on any atom is 0.254 e. The largest absolute Gasteiger partial charge is 0.348 e. The Morgan fingerprint density at radius 2 is 2.38 bits per heavy atom. The highest BCUT2D eigenvalue weighted by molar-refractivity contribution is 5.94. The van der Waals surface area contributed by atoms with E-state index in [2.05, 4.69) is 10.3 Å². The van der Waals surface area contributed by atoms with Crippen molar-refractivity contribution in [3.8, 4) is 0 Å². The molecule has 1 saturated carbocycles. The first-order chi connectivity index (χ1) is 7.68. The molecule has 1 aliphatic carbocycles. The Morgan fingerprint density at radius 3 is 3.00 bits per heavy atom. The normalized spacial score (nSPS) is 24.4. The number of hydrogen-bond donors (Lipinski definition) is 2. The van der Waals surface area contributed by atoms with Gasteiger partial charge in [0.1, 0.15) is 0 Å². The molecule has 2 unspecified atom stereocenters. The molecule has 1 aromatic heterocycles. The zero-order chi connectivity index (χ0) is 11.5. The molecule has 2 rings (SSSR count). The Balaban J connectivity index is 2.06. The summed E-state index contributed by atoms with van der Waals surface area (Å²) < 4.78 is 13.3. The second-order valence-corrected chi connectivity index (χ2v) is 4.03. The molecule has 1 aromatic rings. The van der Waals surface area contributed by atoms with Gasteiger partial charge in [-0.05, 0) is 25.3 Å². The second-order valence-electron chi connectivity index (χ2n) is 4.03. The molecule has 1 heterocycles. The van der Waals surface area contributed by atoms with Crippen LogP contribution in [0, 0.1) is 5.82 Å². The van der Waals surface area contributed by atoms with Crippen LogP contribution in [0.15, 0.2) is 18.5 Å². The minimum Gasteiger partial charge on any atom is -0.348 e. The van der Waals surface area contributed by atoms with Crippen molar-refractivity contribution >= 4 is 5.91 Å². The van der Waals surface area contributed by atoms with E-state index in [9.17, 15) is 9.18 Å². The van der Waals surface area contributed by atoms with E-state index in [1.807, 2.05) is 0 Å². The first kappa shape index (κ1) is 11.0. The van der Waals surface area contributed by atoms with Crippen molar-refractivity contribution < 1.29 is 9.18 Å². The fourth-order valence-corrected chi connectivity index (χ4v) is 1.97. The van der Waals surface area contributed by atoms with Crippen LogP contribution in [0.5, 0.6) is 0 Å². The Hall–Kier alpha value is -1.49. The maximum atomic E-state index is 13.3. The van der Waals surface area contributed by atoms with Gasteiger partial charge in [0.2, 0.25) is 0 Å². The van der Waals surface area contributed by atoms with Gasteiger partial charge < -0.3 is 11.1 Å². The molecule has 86 valence electrons. The molecule has 1 aliphatic rings. The van der Waals surface area contributed by atoms with Gasteiger partial charge in [0.15, 0.2) is 5.82 Å². The fourth-order valence-electron chi connectivity index (χ4n) is 1.97. The van der Waals surface area contributed by atoms with Crippen molar-refractivity contribution in [1.29, 1.82) is 0 Å². The number of carbonyl (C=O) groups excluding carboxylic acids is 1. The highest BCUT2D eigenvalue weighted by Gasteiger charge is 2.26. The van der Waals surface area contributed by atoms with E-state index >= 15 is 0 Å². The van der Waals surface area contributed by atoms with Gasteiger partial charge in [-0.3, -0.25) is 9.78 Å². The summed E-state index contributed by atoms with van der Waals surface area (Å²) in [5, 5.41) is 2.75. The van der Waals surface area contributed by atoms with Crippen molar-refractivity contribution in [1.82, 2.24) is 10.3 Å². The molecular weight excluding hydrogens is 209 g/mol. The standard InChI is InChI=1S/C11H14FN3O/c12-8-6-14-5-4-7(8)11(16)15-10-3-1-2-9(10)13/h4-6,9-10H,1-3,13H2,(H,15,16). The lowest BCUT2D eigenvalue weighted by atomic mass is 10.1. The highest BCUT2D eigenvalue weighted by Crippen LogP contribution is 2.17. The highest BCUT2D eigenvalue weighted by atomic mass is 19.1. The van der Waals surface area contributed by atoms with Crippen LogP contribution in [-0.2, 0) is 0 Å². The number of pyridine rings is 1. The molecule has 1 fully saturated rings. The van der Waals surface area contributed by atoms with Gasteiger partial charge in [-0.25, -0.2) is 4.39 Å². The van der Waals surface area contributed by atoms with E-state index < -0.39 is 11.7 Å². The van der Waals surface area contributed by atoms with Crippen LogP contribution in [0.2, 0.25) is 0 Å². The lowest BCUT2D eigenvalue weighted by Crippen LogP contribution is -2.44. The number of carbonyl (C=O) groups is 1. The maximum absolute atomic E-state index is 13.3. The van der Waals surface area contributed by atoms with Crippen LogP contribution in [0.4, 0.5) is 4.39 Å². The van der Waals surface area contributed by atoms with Crippen molar-refractivity contribution in [2.24, 2.45) is 5.73 Å². The van der Waals surface area contributed by atoms with E-state index in [1.165, 1.54) is 12.3 Å². The molecule has 0 bridgehead atoms. The minimum atomic E-state index is -0.605. The van der Waals surface area contributed by atoms with Gasteiger partial charge in [0.25, 0.3) is 5.91 Å². The van der Waals surface area contributed by atoms with Gasteiger partial charge >= 0.3 is 0 Å². The number of nitrogens with one attached hydrogen (secondary N) is 1. The van der Waals surface area contributed by atoms with Crippen LogP contribution in [0.3, 0.4) is 0 Å². The number of nitrogens with two attached hydrogens (primary N) is 1. The zero-order valence-electron chi connectivity index (χ0n) is 8.82. The number of hydrogen-bond acceptors (Lipinski definition) is 3. The summed E-state index contributed by atoms with van der Waals surface area (Å²) in [7, 11) is 0. The fraction of sp³-hybridized carbons (Fsp3) is 0.455. The topological polar surface area (TPSA) is 68.0 Å². The molecule has 1 amide bonds. The summed E-state index contributed by atoms with van der Waals surface area (Å²) in [5.74, 6) is -1.02.